The van der Waals surface area contributed by atoms with Crippen LogP contribution < -0.4 is 10.2 Å². The highest BCUT2D eigenvalue weighted by Gasteiger charge is 2.25. The van der Waals surface area contributed by atoms with Gasteiger partial charge in [0.1, 0.15) is 23.5 Å². The molecule has 0 amide bonds. The lowest BCUT2D eigenvalue weighted by molar-refractivity contribution is -0.142. The minimum absolute atomic E-state index is 0.278. The van der Waals surface area contributed by atoms with E-state index in [0.717, 1.165) is 5.82 Å². The fraction of sp³-hybridized carbons (Fsp3) is 0.333. The molecule has 0 saturated carbocycles. The van der Waals surface area contributed by atoms with Crippen molar-refractivity contribution in [2.45, 2.75) is 19.8 Å². The molecule has 7 heteroatoms. The number of nitrogens with zero attached hydrogens (tertiary/aromatic N) is 4. The Morgan fingerprint density at radius 3 is 2.72 bits per heavy atom. The summed E-state index contributed by atoms with van der Waals surface area (Å²) in [5, 5.41) is 21.5. The number of hydrogen-bond donors (Lipinski definition) is 2. The first-order valence-corrected chi connectivity index (χ1v) is 8.16. The topological polar surface area (TPSA) is 102 Å². The molecule has 0 bridgehead atoms. The van der Waals surface area contributed by atoms with Crippen molar-refractivity contribution in [2.75, 3.05) is 23.3 Å². The number of carboxylic acids is 1. The van der Waals surface area contributed by atoms with Crippen molar-refractivity contribution in [1.29, 1.82) is 5.26 Å². The zero-order valence-corrected chi connectivity index (χ0v) is 13.9. The van der Waals surface area contributed by atoms with Crippen molar-refractivity contribution in [3.63, 3.8) is 0 Å². The first-order valence-electron chi connectivity index (χ1n) is 8.16. The van der Waals surface area contributed by atoms with Crippen molar-refractivity contribution < 1.29 is 9.90 Å². The summed E-state index contributed by atoms with van der Waals surface area (Å²) >= 11 is 0. The van der Waals surface area contributed by atoms with Gasteiger partial charge in [-0.1, -0.05) is 12.1 Å². The van der Waals surface area contributed by atoms with Crippen LogP contribution in [0.4, 0.5) is 17.3 Å². The predicted octanol–water partition coefficient (Wildman–Crippen LogP) is 2.70. The molecule has 0 aliphatic carbocycles. The number of nitriles is 1. The summed E-state index contributed by atoms with van der Waals surface area (Å²) in [5.41, 5.74) is 1.24. The van der Waals surface area contributed by atoms with E-state index >= 15 is 0 Å². The van der Waals surface area contributed by atoms with E-state index in [1.165, 1.54) is 0 Å². The maximum absolute atomic E-state index is 11.1. The number of para-hydroxylation sites is 1. The zero-order valence-electron chi connectivity index (χ0n) is 13.9. The van der Waals surface area contributed by atoms with Gasteiger partial charge < -0.3 is 15.3 Å². The molecule has 1 aliphatic rings. The summed E-state index contributed by atoms with van der Waals surface area (Å²) in [4.78, 5) is 22.0. The van der Waals surface area contributed by atoms with Gasteiger partial charge in [-0.05, 0) is 31.9 Å². The lowest BCUT2D eigenvalue weighted by Gasteiger charge is -2.31. The third kappa shape index (κ3) is 3.86. The van der Waals surface area contributed by atoms with Crippen LogP contribution in [-0.2, 0) is 4.79 Å². The third-order valence-corrected chi connectivity index (χ3v) is 4.30. The lowest BCUT2D eigenvalue weighted by atomic mass is 9.97. The van der Waals surface area contributed by atoms with Crippen molar-refractivity contribution >= 4 is 23.3 Å². The van der Waals surface area contributed by atoms with Gasteiger partial charge in [-0.2, -0.15) is 5.26 Å². The molecule has 128 valence electrons. The molecule has 0 radical (unpaired) electrons. The van der Waals surface area contributed by atoms with Crippen LogP contribution in [0.1, 0.15) is 24.2 Å². The number of aromatic nitrogens is 2. The molecule has 3 rings (SSSR count). The maximum atomic E-state index is 11.1. The van der Waals surface area contributed by atoms with Crippen LogP contribution in [0.5, 0.6) is 0 Å². The summed E-state index contributed by atoms with van der Waals surface area (Å²) in [6, 6.07) is 11.2. The minimum atomic E-state index is -0.728. The molecule has 25 heavy (non-hydrogen) atoms. The summed E-state index contributed by atoms with van der Waals surface area (Å²) in [6.45, 7) is 3.12. The Bertz CT molecular complexity index is 822. The zero-order chi connectivity index (χ0) is 17.8. The Kier molecular flexibility index (Phi) is 4.80. The SMILES string of the molecule is Cc1nc(Nc2ccccc2C#N)cc(N2CCC(C(=O)O)CC2)n1. The first kappa shape index (κ1) is 16.7. The number of aryl methyl sites for hydroxylation is 1. The van der Waals surface area contributed by atoms with Crippen LogP contribution in [0.25, 0.3) is 0 Å². The number of anilines is 3. The Hall–Kier alpha value is -3.14. The van der Waals surface area contributed by atoms with Gasteiger partial charge in [0, 0.05) is 19.2 Å². The Morgan fingerprint density at radius 1 is 1.32 bits per heavy atom. The normalized spacial score (nSPS) is 14.8. The molecule has 1 aromatic carbocycles. The van der Waals surface area contributed by atoms with Crippen LogP contribution in [0.2, 0.25) is 0 Å². The van der Waals surface area contributed by atoms with Crippen molar-refractivity contribution in [1.82, 2.24) is 9.97 Å². The Labute approximate surface area is 145 Å². The number of aliphatic carboxylic acids is 1. The van der Waals surface area contributed by atoms with Crippen LogP contribution >= 0.6 is 0 Å². The molecule has 0 spiro atoms. The average molecular weight is 337 g/mol. The molecule has 0 unspecified atom stereocenters. The average Bonchev–Trinajstić information content (AvgIpc) is 2.62. The van der Waals surface area contributed by atoms with E-state index in [-0.39, 0.29) is 5.92 Å². The summed E-state index contributed by atoms with van der Waals surface area (Å²) in [7, 11) is 0. The maximum Gasteiger partial charge on any atom is 0.306 e. The van der Waals surface area contributed by atoms with E-state index in [2.05, 4.69) is 26.3 Å². The van der Waals surface area contributed by atoms with Crippen LogP contribution in [-0.4, -0.2) is 34.1 Å². The van der Waals surface area contributed by atoms with Gasteiger partial charge in [0.25, 0.3) is 0 Å². The van der Waals surface area contributed by atoms with E-state index in [4.69, 9.17) is 5.11 Å². The molecule has 2 N–H and O–H groups in total. The number of carbonyl (C=O) groups is 1. The van der Waals surface area contributed by atoms with E-state index in [1.54, 1.807) is 6.07 Å². The van der Waals surface area contributed by atoms with Gasteiger partial charge in [-0.25, -0.2) is 9.97 Å². The van der Waals surface area contributed by atoms with Crippen molar-refractivity contribution in [2.24, 2.45) is 5.92 Å². The summed E-state index contributed by atoms with van der Waals surface area (Å²) in [5.74, 6) is 1.00. The van der Waals surface area contributed by atoms with Crippen molar-refractivity contribution in [3.8, 4) is 6.07 Å². The van der Waals surface area contributed by atoms with Gasteiger partial charge >= 0.3 is 5.97 Å². The fourth-order valence-corrected chi connectivity index (χ4v) is 2.96. The Balaban J connectivity index is 1.80. The lowest BCUT2D eigenvalue weighted by Crippen LogP contribution is -2.36. The standard InChI is InChI=1S/C18H19N5O2/c1-12-20-16(22-15-5-3-2-4-14(15)11-19)10-17(21-12)23-8-6-13(7-9-23)18(24)25/h2-5,10,13H,6-9H2,1H3,(H,24,25)(H,20,21,22). The molecule has 0 atom stereocenters. The molecule has 1 fully saturated rings. The van der Waals surface area contributed by atoms with Crippen molar-refractivity contribution in [3.05, 3.63) is 41.7 Å². The van der Waals surface area contributed by atoms with E-state index < -0.39 is 5.97 Å². The Morgan fingerprint density at radius 2 is 2.04 bits per heavy atom. The number of nitrogens with one attached hydrogen (secondary N) is 1. The fourth-order valence-electron chi connectivity index (χ4n) is 2.96. The summed E-state index contributed by atoms with van der Waals surface area (Å²) in [6.07, 6.45) is 1.22. The van der Waals surface area contributed by atoms with Gasteiger partial charge in [-0.15, -0.1) is 0 Å². The minimum Gasteiger partial charge on any atom is -0.481 e. The molecular formula is C18H19N5O2. The predicted molar refractivity (Wildman–Crippen MR) is 93.8 cm³/mol. The molecule has 2 heterocycles. The van der Waals surface area contributed by atoms with E-state index in [0.29, 0.717) is 48.8 Å². The van der Waals surface area contributed by atoms with Crippen LogP contribution in [0.3, 0.4) is 0 Å². The largest absolute Gasteiger partial charge is 0.481 e. The molecule has 1 aliphatic heterocycles. The summed E-state index contributed by atoms with van der Waals surface area (Å²) < 4.78 is 0. The highest BCUT2D eigenvalue weighted by atomic mass is 16.4. The highest BCUT2D eigenvalue weighted by Crippen LogP contribution is 2.25. The molecule has 7 nitrogen and oxygen atoms in total. The van der Waals surface area contributed by atoms with E-state index in [1.807, 2.05) is 31.2 Å². The van der Waals surface area contributed by atoms with Gasteiger partial charge in [0.05, 0.1) is 17.2 Å². The molecule has 1 saturated heterocycles. The second-order valence-electron chi connectivity index (χ2n) is 6.04. The number of hydrogen-bond acceptors (Lipinski definition) is 6. The number of carboxylic acid groups (broad SMARTS) is 1. The van der Waals surface area contributed by atoms with Gasteiger partial charge in [-0.3, -0.25) is 4.79 Å². The van der Waals surface area contributed by atoms with Crippen LogP contribution in [0.15, 0.2) is 30.3 Å². The molecule has 2 aromatic rings. The molecular weight excluding hydrogens is 318 g/mol. The smallest absolute Gasteiger partial charge is 0.306 e. The van der Waals surface area contributed by atoms with Gasteiger partial charge in [0.15, 0.2) is 0 Å². The second kappa shape index (κ2) is 7.18. The van der Waals surface area contributed by atoms with Crippen LogP contribution in [0, 0.1) is 24.2 Å². The second-order valence-corrected chi connectivity index (χ2v) is 6.04. The van der Waals surface area contributed by atoms with Gasteiger partial charge in [0.2, 0.25) is 0 Å². The number of rotatable bonds is 4. The number of benzene rings is 1. The third-order valence-electron chi connectivity index (χ3n) is 4.30. The van der Waals surface area contributed by atoms with E-state index in [9.17, 15) is 10.1 Å². The molecule has 1 aromatic heterocycles. The first-order chi connectivity index (χ1) is 12.1. The number of piperidine rings is 1. The monoisotopic (exact) mass is 337 g/mol. The quantitative estimate of drug-likeness (QED) is 0.884. The highest BCUT2D eigenvalue weighted by molar-refractivity contribution is 5.70.